The Hall–Kier alpha value is -1.01. The lowest BCUT2D eigenvalue weighted by atomic mass is 10.2. The first kappa shape index (κ1) is 13.1. The molecular formula is C13H16BrNO. The van der Waals surface area contributed by atoms with Crippen LogP contribution < -0.4 is 4.74 Å². The standard InChI is InChI=1S/C13H16BrNO/c1-2-3-4-5-8-16-13-7-6-11(10-15)9-12(13)14/h6-7,9H,2-5,8H2,1H3. The van der Waals surface area contributed by atoms with E-state index < -0.39 is 0 Å². The van der Waals surface area contributed by atoms with Crippen molar-refractivity contribution in [3.05, 3.63) is 28.2 Å². The second-order valence-electron chi connectivity index (χ2n) is 3.67. The largest absolute Gasteiger partial charge is 0.492 e. The van der Waals surface area contributed by atoms with Crippen LogP contribution in [-0.2, 0) is 0 Å². The van der Waals surface area contributed by atoms with E-state index in [-0.39, 0.29) is 0 Å². The minimum absolute atomic E-state index is 0.644. The van der Waals surface area contributed by atoms with Crippen molar-refractivity contribution in [1.82, 2.24) is 0 Å². The van der Waals surface area contributed by atoms with Crippen LogP contribution in [-0.4, -0.2) is 6.61 Å². The highest BCUT2D eigenvalue weighted by molar-refractivity contribution is 9.10. The summed E-state index contributed by atoms with van der Waals surface area (Å²) in [6.45, 7) is 2.93. The summed E-state index contributed by atoms with van der Waals surface area (Å²) in [6.07, 6.45) is 4.79. The molecule has 1 aromatic rings. The minimum Gasteiger partial charge on any atom is -0.492 e. The minimum atomic E-state index is 0.644. The summed E-state index contributed by atoms with van der Waals surface area (Å²) in [5.41, 5.74) is 0.644. The lowest BCUT2D eigenvalue weighted by Gasteiger charge is -2.07. The highest BCUT2D eigenvalue weighted by Crippen LogP contribution is 2.25. The maximum Gasteiger partial charge on any atom is 0.133 e. The summed E-state index contributed by atoms with van der Waals surface area (Å²) in [4.78, 5) is 0. The fourth-order valence-corrected chi connectivity index (χ4v) is 1.89. The second kappa shape index (κ2) is 7.29. The van der Waals surface area contributed by atoms with E-state index in [4.69, 9.17) is 10.00 Å². The van der Waals surface area contributed by atoms with Gasteiger partial charge in [-0.2, -0.15) is 5.26 Å². The summed E-state index contributed by atoms with van der Waals surface area (Å²) in [5, 5.41) is 8.71. The van der Waals surface area contributed by atoms with Crippen molar-refractivity contribution < 1.29 is 4.74 Å². The van der Waals surface area contributed by atoms with Crippen LogP contribution >= 0.6 is 15.9 Å². The van der Waals surface area contributed by atoms with Crippen molar-refractivity contribution in [3.63, 3.8) is 0 Å². The molecule has 0 saturated heterocycles. The van der Waals surface area contributed by atoms with Gasteiger partial charge in [0.25, 0.3) is 0 Å². The highest BCUT2D eigenvalue weighted by Gasteiger charge is 2.01. The van der Waals surface area contributed by atoms with Gasteiger partial charge in [-0.3, -0.25) is 0 Å². The van der Waals surface area contributed by atoms with E-state index in [9.17, 15) is 0 Å². The molecule has 0 aliphatic rings. The van der Waals surface area contributed by atoms with Gasteiger partial charge in [-0.1, -0.05) is 26.2 Å². The SMILES string of the molecule is CCCCCCOc1ccc(C#N)cc1Br. The predicted octanol–water partition coefficient (Wildman–Crippen LogP) is 4.28. The molecule has 0 heterocycles. The number of unbranched alkanes of at least 4 members (excludes halogenated alkanes) is 3. The molecule has 16 heavy (non-hydrogen) atoms. The van der Waals surface area contributed by atoms with Crippen LogP contribution in [0.2, 0.25) is 0 Å². The molecule has 1 rings (SSSR count). The Kier molecular flexibility index (Phi) is 5.95. The first-order valence-electron chi connectivity index (χ1n) is 5.60. The molecule has 0 atom stereocenters. The van der Waals surface area contributed by atoms with Crippen LogP contribution in [0.3, 0.4) is 0 Å². The van der Waals surface area contributed by atoms with Crippen molar-refractivity contribution in [3.8, 4) is 11.8 Å². The van der Waals surface area contributed by atoms with E-state index >= 15 is 0 Å². The summed E-state index contributed by atoms with van der Waals surface area (Å²) >= 11 is 3.39. The Balaban J connectivity index is 2.40. The third-order valence-electron chi connectivity index (χ3n) is 2.32. The van der Waals surface area contributed by atoms with E-state index in [0.717, 1.165) is 23.2 Å². The molecule has 0 saturated carbocycles. The number of hydrogen-bond acceptors (Lipinski definition) is 2. The zero-order valence-corrected chi connectivity index (χ0v) is 11.1. The number of nitrogens with zero attached hydrogens (tertiary/aromatic N) is 1. The molecule has 0 radical (unpaired) electrons. The molecule has 2 nitrogen and oxygen atoms in total. The van der Waals surface area contributed by atoms with Crippen molar-refractivity contribution in [2.45, 2.75) is 32.6 Å². The first-order valence-corrected chi connectivity index (χ1v) is 6.39. The fourth-order valence-electron chi connectivity index (χ4n) is 1.40. The number of halogens is 1. The molecule has 0 fully saturated rings. The number of rotatable bonds is 6. The lowest BCUT2D eigenvalue weighted by Crippen LogP contribution is -1.98. The molecule has 0 N–H and O–H groups in total. The van der Waals surface area contributed by atoms with Gasteiger partial charge < -0.3 is 4.74 Å². The zero-order valence-electron chi connectivity index (χ0n) is 9.50. The van der Waals surface area contributed by atoms with Crippen molar-refractivity contribution >= 4 is 15.9 Å². The second-order valence-corrected chi connectivity index (χ2v) is 4.52. The van der Waals surface area contributed by atoms with E-state index in [1.807, 2.05) is 6.07 Å². The van der Waals surface area contributed by atoms with Gasteiger partial charge in [0.15, 0.2) is 0 Å². The quantitative estimate of drug-likeness (QED) is 0.729. The maximum atomic E-state index is 8.71. The van der Waals surface area contributed by atoms with E-state index in [0.29, 0.717) is 5.56 Å². The van der Waals surface area contributed by atoms with Crippen LogP contribution in [0.1, 0.15) is 38.2 Å². The van der Waals surface area contributed by atoms with Gasteiger partial charge in [-0.15, -0.1) is 0 Å². The summed E-state index contributed by atoms with van der Waals surface area (Å²) < 4.78 is 6.48. The highest BCUT2D eigenvalue weighted by atomic mass is 79.9. The van der Waals surface area contributed by atoms with Crippen LogP contribution in [0, 0.1) is 11.3 Å². The molecule has 3 heteroatoms. The monoisotopic (exact) mass is 281 g/mol. The van der Waals surface area contributed by atoms with E-state index in [2.05, 4.69) is 28.9 Å². The van der Waals surface area contributed by atoms with Gasteiger partial charge in [0, 0.05) is 0 Å². The van der Waals surface area contributed by atoms with Crippen LogP contribution in [0.4, 0.5) is 0 Å². The summed E-state index contributed by atoms with van der Waals surface area (Å²) in [6, 6.07) is 7.48. The summed E-state index contributed by atoms with van der Waals surface area (Å²) in [7, 11) is 0. The molecule has 86 valence electrons. The van der Waals surface area contributed by atoms with E-state index in [1.54, 1.807) is 12.1 Å². The number of hydrogen-bond donors (Lipinski definition) is 0. The van der Waals surface area contributed by atoms with Crippen LogP contribution in [0.25, 0.3) is 0 Å². The molecule has 0 bridgehead atoms. The molecule has 0 aromatic heterocycles. The third-order valence-corrected chi connectivity index (χ3v) is 2.94. The Morgan fingerprint density at radius 3 is 2.75 bits per heavy atom. The first-order chi connectivity index (χ1) is 7.77. The Bertz CT molecular complexity index is 371. The third kappa shape index (κ3) is 4.24. The van der Waals surface area contributed by atoms with Gasteiger partial charge in [0.1, 0.15) is 5.75 Å². The molecule has 0 aliphatic heterocycles. The van der Waals surface area contributed by atoms with Gasteiger partial charge in [0.2, 0.25) is 0 Å². The normalized spacial score (nSPS) is 9.81. The predicted molar refractivity (Wildman–Crippen MR) is 68.5 cm³/mol. The Morgan fingerprint density at radius 1 is 1.31 bits per heavy atom. The molecule has 0 aliphatic carbocycles. The maximum absolute atomic E-state index is 8.71. The number of benzene rings is 1. The zero-order chi connectivity index (χ0) is 11.8. The molecular weight excluding hydrogens is 266 g/mol. The van der Waals surface area contributed by atoms with Crippen molar-refractivity contribution in [2.24, 2.45) is 0 Å². The number of nitriles is 1. The molecule has 0 unspecified atom stereocenters. The van der Waals surface area contributed by atoms with Crippen LogP contribution in [0.15, 0.2) is 22.7 Å². The average molecular weight is 282 g/mol. The van der Waals surface area contributed by atoms with E-state index in [1.165, 1.54) is 19.3 Å². The van der Waals surface area contributed by atoms with Gasteiger partial charge >= 0.3 is 0 Å². The average Bonchev–Trinajstić information content (AvgIpc) is 2.30. The topological polar surface area (TPSA) is 33.0 Å². The van der Waals surface area contributed by atoms with Gasteiger partial charge in [-0.05, 0) is 40.5 Å². The number of ether oxygens (including phenoxy) is 1. The van der Waals surface area contributed by atoms with Crippen LogP contribution in [0.5, 0.6) is 5.75 Å². The van der Waals surface area contributed by atoms with Gasteiger partial charge in [-0.25, -0.2) is 0 Å². The van der Waals surface area contributed by atoms with Crippen molar-refractivity contribution in [2.75, 3.05) is 6.61 Å². The molecule has 1 aromatic carbocycles. The Labute approximate surface area is 105 Å². The van der Waals surface area contributed by atoms with Crippen molar-refractivity contribution in [1.29, 1.82) is 5.26 Å². The summed E-state index contributed by atoms with van der Waals surface area (Å²) in [5.74, 6) is 0.815. The fraction of sp³-hybridized carbons (Fsp3) is 0.462. The lowest BCUT2D eigenvalue weighted by molar-refractivity contribution is 0.303. The molecule has 0 amide bonds. The smallest absolute Gasteiger partial charge is 0.133 e. The van der Waals surface area contributed by atoms with Gasteiger partial charge in [0.05, 0.1) is 22.7 Å². The Morgan fingerprint density at radius 2 is 2.12 bits per heavy atom. The molecule has 0 spiro atoms.